The molecule has 1 unspecified atom stereocenters. The molecule has 0 saturated carbocycles. The number of aliphatic carboxylic acids is 1. The molecule has 0 aliphatic carbocycles. The molecule has 0 bridgehead atoms. The van der Waals surface area contributed by atoms with Gasteiger partial charge in [-0.15, -0.1) is 0 Å². The molecule has 10 heteroatoms. The highest BCUT2D eigenvalue weighted by Crippen LogP contribution is 2.42. The first kappa shape index (κ1) is 22.2. The molecule has 0 saturated heterocycles. The van der Waals surface area contributed by atoms with E-state index in [0.717, 1.165) is 5.56 Å². The van der Waals surface area contributed by atoms with Crippen LogP contribution in [0.1, 0.15) is 23.6 Å². The molecule has 0 radical (unpaired) electrons. The number of carboxylic acids is 1. The Morgan fingerprint density at radius 1 is 1.10 bits per heavy atom. The van der Waals surface area contributed by atoms with E-state index in [2.05, 4.69) is 0 Å². The van der Waals surface area contributed by atoms with Crippen LogP contribution in [-0.2, 0) is 21.2 Å². The van der Waals surface area contributed by atoms with Crippen LogP contribution in [0.3, 0.4) is 0 Å². The fraction of sp³-hybridized carbons (Fsp3) is 0.350. The predicted octanol–water partition coefficient (Wildman–Crippen LogP) is 3.13. The molecule has 2 aromatic rings. The number of rotatable bonds is 7. The van der Waals surface area contributed by atoms with E-state index < -0.39 is 28.5 Å². The van der Waals surface area contributed by atoms with Gasteiger partial charge in [-0.2, -0.15) is 4.31 Å². The SMILES string of the molecule is COc1cc2c(cc1OC)C(CC(=O)O)N(S(=O)(=O)c1cc(Cl)ccc1OC)CC2. The first-order chi connectivity index (χ1) is 14.2. The van der Waals surface area contributed by atoms with Gasteiger partial charge in [0.2, 0.25) is 10.0 Å². The van der Waals surface area contributed by atoms with Gasteiger partial charge in [0.1, 0.15) is 10.6 Å². The van der Waals surface area contributed by atoms with Crippen LogP contribution in [0.2, 0.25) is 5.02 Å². The second-order valence-electron chi connectivity index (χ2n) is 6.68. The summed E-state index contributed by atoms with van der Waals surface area (Å²) in [5, 5.41) is 9.72. The molecule has 1 heterocycles. The van der Waals surface area contributed by atoms with Crippen LogP contribution in [0.25, 0.3) is 0 Å². The number of hydrogen-bond acceptors (Lipinski definition) is 6. The third-order valence-electron chi connectivity index (χ3n) is 5.03. The number of hydrogen-bond donors (Lipinski definition) is 1. The summed E-state index contributed by atoms with van der Waals surface area (Å²) in [6.07, 6.45) is -0.0293. The summed E-state index contributed by atoms with van der Waals surface area (Å²) in [6, 6.07) is 6.76. The smallest absolute Gasteiger partial charge is 0.305 e. The monoisotopic (exact) mass is 455 g/mol. The van der Waals surface area contributed by atoms with Crippen LogP contribution in [0.5, 0.6) is 17.2 Å². The Labute approximate surface area is 180 Å². The Morgan fingerprint density at radius 2 is 1.73 bits per heavy atom. The van der Waals surface area contributed by atoms with Crippen LogP contribution in [0, 0.1) is 0 Å². The molecule has 0 spiro atoms. The summed E-state index contributed by atoms with van der Waals surface area (Å²) >= 11 is 6.03. The van der Waals surface area contributed by atoms with Crippen LogP contribution < -0.4 is 14.2 Å². The topological polar surface area (TPSA) is 102 Å². The molecule has 0 amide bonds. The zero-order chi connectivity index (χ0) is 22.1. The van der Waals surface area contributed by atoms with E-state index in [1.165, 1.54) is 43.8 Å². The molecule has 0 aromatic heterocycles. The van der Waals surface area contributed by atoms with E-state index >= 15 is 0 Å². The average Bonchev–Trinajstić information content (AvgIpc) is 2.72. The van der Waals surface area contributed by atoms with Crippen molar-refractivity contribution in [2.45, 2.75) is 23.8 Å². The summed E-state index contributed by atoms with van der Waals surface area (Å²) < 4.78 is 44.1. The van der Waals surface area contributed by atoms with Gasteiger partial charge in [0, 0.05) is 11.6 Å². The normalized spacial score (nSPS) is 16.6. The van der Waals surface area contributed by atoms with E-state index in [4.69, 9.17) is 25.8 Å². The summed E-state index contributed by atoms with van der Waals surface area (Å²) in [6.45, 7) is 0.0957. The van der Waals surface area contributed by atoms with Crippen molar-refractivity contribution in [1.82, 2.24) is 4.31 Å². The van der Waals surface area contributed by atoms with Crippen molar-refractivity contribution in [2.75, 3.05) is 27.9 Å². The highest BCUT2D eigenvalue weighted by molar-refractivity contribution is 7.89. The van der Waals surface area contributed by atoms with Crippen molar-refractivity contribution in [1.29, 1.82) is 0 Å². The zero-order valence-electron chi connectivity index (χ0n) is 16.7. The van der Waals surface area contributed by atoms with Gasteiger partial charge in [0.25, 0.3) is 0 Å². The number of ether oxygens (including phenoxy) is 3. The molecule has 1 atom stereocenters. The lowest BCUT2D eigenvalue weighted by Gasteiger charge is -2.36. The van der Waals surface area contributed by atoms with Gasteiger partial charge in [-0.25, -0.2) is 8.42 Å². The molecule has 0 fully saturated rings. The van der Waals surface area contributed by atoms with Gasteiger partial charge < -0.3 is 19.3 Å². The highest BCUT2D eigenvalue weighted by atomic mass is 35.5. The Kier molecular flexibility index (Phi) is 6.44. The summed E-state index contributed by atoms with van der Waals surface area (Å²) in [7, 11) is 0.216. The van der Waals surface area contributed by atoms with Gasteiger partial charge >= 0.3 is 5.97 Å². The quantitative estimate of drug-likeness (QED) is 0.684. The van der Waals surface area contributed by atoms with Crippen molar-refractivity contribution in [3.05, 3.63) is 46.5 Å². The summed E-state index contributed by atoms with van der Waals surface area (Å²) in [4.78, 5) is 11.5. The number of benzene rings is 2. The Hall–Kier alpha value is -2.49. The van der Waals surface area contributed by atoms with Gasteiger partial charge in [0.15, 0.2) is 11.5 Å². The highest BCUT2D eigenvalue weighted by Gasteiger charge is 2.39. The number of nitrogens with zero attached hydrogens (tertiary/aromatic N) is 1. The number of carboxylic acid groups (broad SMARTS) is 1. The predicted molar refractivity (Wildman–Crippen MR) is 110 cm³/mol. The second kappa shape index (κ2) is 8.71. The Balaban J connectivity index is 2.16. The summed E-state index contributed by atoms with van der Waals surface area (Å²) in [5.41, 5.74) is 1.37. The lowest BCUT2D eigenvalue weighted by molar-refractivity contribution is -0.138. The largest absolute Gasteiger partial charge is 0.495 e. The van der Waals surface area contributed by atoms with Gasteiger partial charge in [-0.1, -0.05) is 11.6 Å². The first-order valence-electron chi connectivity index (χ1n) is 9.05. The molecular weight excluding hydrogens is 434 g/mol. The number of halogens is 1. The molecule has 162 valence electrons. The molecule has 1 aliphatic heterocycles. The zero-order valence-corrected chi connectivity index (χ0v) is 18.3. The van der Waals surface area contributed by atoms with Crippen molar-refractivity contribution in [3.8, 4) is 17.2 Å². The Bertz CT molecular complexity index is 1070. The van der Waals surface area contributed by atoms with E-state index in [-0.39, 0.29) is 22.2 Å². The summed E-state index contributed by atoms with van der Waals surface area (Å²) in [5.74, 6) is -0.100. The molecule has 1 N–H and O–H groups in total. The minimum atomic E-state index is -4.11. The van der Waals surface area contributed by atoms with Gasteiger partial charge in [-0.05, 0) is 47.9 Å². The van der Waals surface area contributed by atoms with Crippen LogP contribution >= 0.6 is 11.6 Å². The minimum Gasteiger partial charge on any atom is -0.495 e. The van der Waals surface area contributed by atoms with Crippen LogP contribution in [0.15, 0.2) is 35.2 Å². The molecule has 1 aliphatic rings. The third kappa shape index (κ3) is 4.05. The van der Waals surface area contributed by atoms with E-state index in [0.29, 0.717) is 23.5 Å². The van der Waals surface area contributed by atoms with E-state index in [1.54, 1.807) is 12.1 Å². The number of sulfonamides is 1. The fourth-order valence-corrected chi connectivity index (χ4v) is 5.67. The Morgan fingerprint density at radius 3 is 2.33 bits per heavy atom. The number of carbonyl (C=O) groups is 1. The average molecular weight is 456 g/mol. The molecule has 8 nitrogen and oxygen atoms in total. The van der Waals surface area contributed by atoms with Gasteiger partial charge in [0.05, 0.1) is 33.8 Å². The molecular formula is C20H22ClNO7S. The van der Waals surface area contributed by atoms with Crippen LogP contribution in [0.4, 0.5) is 0 Å². The second-order valence-corrected chi connectivity index (χ2v) is 8.98. The lowest BCUT2D eigenvalue weighted by Crippen LogP contribution is -2.41. The van der Waals surface area contributed by atoms with Crippen molar-refractivity contribution < 1.29 is 32.5 Å². The molecule has 3 rings (SSSR count). The van der Waals surface area contributed by atoms with E-state index in [9.17, 15) is 18.3 Å². The molecule has 2 aromatic carbocycles. The third-order valence-corrected chi connectivity index (χ3v) is 7.20. The van der Waals surface area contributed by atoms with Crippen molar-refractivity contribution >= 4 is 27.6 Å². The van der Waals surface area contributed by atoms with E-state index in [1.807, 2.05) is 0 Å². The molecule has 30 heavy (non-hydrogen) atoms. The van der Waals surface area contributed by atoms with Crippen molar-refractivity contribution in [3.63, 3.8) is 0 Å². The number of methoxy groups -OCH3 is 3. The van der Waals surface area contributed by atoms with Gasteiger partial charge in [-0.3, -0.25) is 4.79 Å². The number of fused-ring (bicyclic) bond motifs is 1. The van der Waals surface area contributed by atoms with Crippen molar-refractivity contribution in [2.24, 2.45) is 0 Å². The standard InChI is InChI=1S/C20H22ClNO7S/c1-27-16-5-4-13(21)9-19(16)30(25,26)22-7-6-12-8-17(28-2)18(29-3)10-14(12)15(22)11-20(23)24/h4-5,8-10,15H,6-7,11H2,1-3H3,(H,23,24). The maximum atomic E-state index is 13.5. The first-order valence-corrected chi connectivity index (χ1v) is 10.9. The minimum absolute atomic E-state index is 0.0957. The maximum absolute atomic E-state index is 13.5. The lowest BCUT2D eigenvalue weighted by atomic mass is 9.92. The fourth-order valence-electron chi connectivity index (χ4n) is 3.65. The van der Waals surface area contributed by atoms with Crippen LogP contribution in [-0.4, -0.2) is 51.7 Å². The maximum Gasteiger partial charge on any atom is 0.305 e.